The molecular weight excluding hydrogens is 484 g/mol. The number of ether oxygens (including phenoxy) is 2. The monoisotopic (exact) mass is 513 g/mol. The summed E-state index contributed by atoms with van der Waals surface area (Å²) in [6.07, 6.45) is 1.56. The third kappa shape index (κ3) is 5.31. The largest absolute Gasteiger partial charge is 0.464 e. The fraction of sp³-hybridized carbons (Fsp3) is 0.385. The van der Waals surface area contributed by atoms with Gasteiger partial charge in [-0.05, 0) is 36.1 Å². The molecule has 0 radical (unpaired) electrons. The van der Waals surface area contributed by atoms with E-state index in [-0.39, 0.29) is 29.1 Å². The lowest BCUT2D eigenvalue weighted by Crippen LogP contribution is -2.64. The van der Waals surface area contributed by atoms with Crippen molar-refractivity contribution < 1.29 is 27.8 Å². The number of nitrogens with zero attached hydrogens (tertiary/aromatic N) is 3. The predicted molar refractivity (Wildman–Crippen MR) is 132 cm³/mol. The van der Waals surface area contributed by atoms with Crippen LogP contribution in [0.1, 0.15) is 52.6 Å². The zero-order valence-electron chi connectivity index (χ0n) is 21.0. The number of amides is 1. The highest BCUT2D eigenvalue weighted by molar-refractivity contribution is 6.01. The Morgan fingerprint density at radius 3 is 2.59 bits per heavy atom. The van der Waals surface area contributed by atoms with Crippen LogP contribution < -0.4 is 10.1 Å². The van der Waals surface area contributed by atoms with Crippen LogP contribution >= 0.6 is 0 Å². The Kier molecular flexibility index (Phi) is 7.53. The first-order chi connectivity index (χ1) is 17.6. The molecule has 1 aliphatic rings. The number of pyridine rings is 1. The summed E-state index contributed by atoms with van der Waals surface area (Å²) in [5.41, 5.74) is 2.35. The van der Waals surface area contributed by atoms with Crippen molar-refractivity contribution in [3.8, 4) is 5.88 Å². The third-order valence-corrected chi connectivity index (χ3v) is 6.47. The second kappa shape index (κ2) is 10.6. The highest BCUT2D eigenvalue weighted by Crippen LogP contribution is 2.41. The number of carbonyl (C=O) groups is 2. The number of methoxy groups -OCH3 is 1. The number of benzene rings is 1. The van der Waals surface area contributed by atoms with Crippen LogP contribution in [-0.2, 0) is 21.5 Å². The fourth-order valence-corrected chi connectivity index (χ4v) is 4.70. The van der Waals surface area contributed by atoms with Gasteiger partial charge in [-0.15, -0.1) is 0 Å². The van der Waals surface area contributed by atoms with E-state index < -0.39 is 18.0 Å². The minimum Gasteiger partial charge on any atom is -0.464 e. The van der Waals surface area contributed by atoms with Gasteiger partial charge in [-0.25, -0.2) is 9.78 Å². The molecule has 1 saturated heterocycles. The molecule has 0 atom stereocenters. The molecule has 3 aromatic rings. The average Bonchev–Trinajstić information content (AvgIpc) is 3.30. The zero-order chi connectivity index (χ0) is 26.7. The van der Waals surface area contributed by atoms with Crippen molar-refractivity contribution in [3.63, 3.8) is 0 Å². The normalized spacial score (nSPS) is 14.9. The molecule has 3 heterocycles. The van der Waals surface area contributed by atoms with Crippen molar-refractivity contribution in [3.05, 3.63) is 70.7 Å². The molecule has 196 valence electrons. The minimum absolute atomic E-state index is 0.0681. The van der Waals surface area contributed by atoms with Gasteiger partial charge in [0.05, 0.1) is 18.7 Å². The number of aromatic nitrogens is 3. The summed E-state index contributed by atoms with van der Waals surface area (Å²) in [4.78, 5) is 32.0. The number of carbonyl (C=O) groups excluding carboxylic acids is 2. The zero-order valence-corrected chi connectivity index (χ0v) is 21.0. The Morgan fingerprint density at radius 1 is 1.19 bits per heavy atom. The van der Waals surface area contributed by atoms with Crippen LogP contribution in [0.25, 0.3) is 0 Å². The Labute approximate surface area is 213 Å². The minimum atomic E-state index is -3.08. The molecule has 1 aromatic carbocycles. The Morgan fingerprint density at radius 2 is 1.92 bits per heavy atom. The second-order valence-electron chi connectivity index (χ2n) is 9.37. The lowest BCUT2D eigenvalue weighted by Gasteiger charge is -2.50. The molecule has 1 aliphatic heterocycles. The summed E-state index contributed by atoms with van der Waals surface area (Å²) in [7, 11) is 1.29. The fourth-order valence-electron chi connectivity index (χ4n) is 4.70. The molecule has 2 aromatic heterocycles. The summed E-state index contributed by atoms with van der Waals surface area (Å²) >= 11 is 0. The van der Waals surface area contributed by atoms with Gasteiger partial charge in [0, 0.05) is 30.9 Å². The van der Waals surface area contributed by atoms with Gasteiger partial charge in [0.15, 0.2) is 0 Å². The van der Waals surface area contributed by atoms with E-state index in [0.29, 0.717) is 30.9 Å². The first-order valence-corrected chi connectivity index (χ1v) is 11.8. The van der Waals surface area contributed by atoms with E-state index in [9.17, 15) is 18.4 Å². The van der Waals surface area contributed by atoms with Crippen LogP contribution in [-0.4, -0.2) is 58.8 Å². The van der Waals surface area contributed by atoms with Gasteiger partial charge in [-0.3, -0.25) is 14.8 Å². The molecule has 37 heavy (non-hydrogen) atoms. The number of H-pyrrole nitrogens is 1. The van der Waals surface area contributed by atoms with Crippen LogP contribution in [0.3, 0.4) is 0 Å². The summed E-state index contributed by atoms with van der Waals surface area (Å²) in [5.74, 6) is -1.08. The van der Waals surface area contributed by atoms with Crippen LogP contribution in [0, 0.1) is 6.92 Å². The smallest absolute Gasteiger partial charge is 0.388 e. The molecule has 0 spiro atoms. The van der Waals surface area contributed by atoms with E-state index in [1.165, 1.54) is 13.2 Å². The highest BCUT2D eigenvalue weighted by Gasteiger charge is 2.52. The number of anilines is 1. The van der Waals surface area contributed by atoms with Crippen molar-refractivity contribution in [2.75, 3.05) is 25.5 Å². The van der Waals surface area contributed by atoms with E-state index >= 15 is 0 Å². The molecule has 2 N–H and O–H groups in total. The predicted octanol–water partition coefficient (Wildman–Crippen LogP) is 4.02. The van der Waals surface area contributed by atoms with E-state index in [4.69, 9.17) is 4.74 Å². The summed E-state index contributed by atoms with van der Waals surface area (Å²) in [6.45, 7) is 3.69. The number of halogens is 2. The Hall–Kier alpha value is -3.86. The third-order valence-electron chi connectivity index (χ3n) is 6.47. The summed E-state index contributed by atoms with van der Waals surface area (Å²) in [6, 6.07) is 10.8. The quantitative estimate of drug-likeness (QED) is 0.416. The van der Waals surface area contributed by atoms with E-state index in [0.717, 1.165) is 11.1 Å². The number of alkyl halides is 2. The van der Waals surface area contributed by atoms with Crippen molar-refractivity contribution >= 4 is 17.6 Å². The van der Waals surface area contributed by atoms with Crippen molar-refractivity contribution in [2.45, 2.75) is 45.3 Å². The van der Waals surface area contributed by atoms with E-state index in [2.05, 4.69) is 25.2 Å². The Balaban J connectivity index is 1.65. The van der Waals surface area contributed by atoms with Gasteiger partial charge in [0.1, 0.15) is 11.4 Å². The highest BCUT2D eigenvalue weighted by atomic mass is 19.3. The molecule has 0 saturated carbocycles. The van der Waals surface area contributed by atoms with Gasteiger partial charge >= 0.3 is 12.6 Å². The number of hydrogen-bond donors (Lipinski definition) is 2. The molecule has 1 amide bonds. The number of likely N-dealkylation sites (tertiary alicyclic amines) is 1. The molecule has 0 bridgehead atoms. The number of esters is 1. The standard InChI is InChI=1S/C26H29F2N5O4/c1-15(2)18-7-5-6-8-19(18)26(13-33(14-26)12-17-11-29-32-21(17)23(34)36-4)24(35)31-20-10-9-16(3)30-22(20)37-25(27)28/h5-11,15,25H,12-14H2,1-4H3,(H,29,32)(H,31,35). The summed E-state index contributed by atoms with van der Waals surface area (Å²) < 4.78 is 35.4. The first-order valence-electron chi connectivity index (χ1n) is 11.8. The second-order valence-corrected chi connectivity index (χ2v) is 9.37. The van der Waals surface area contributed by atoms with Crippen LogP contribution in [0.4, 0.5) is 14.5 Å². The lowest BCUT2D eigenvalue weighted by atomic mass is 9.69. The first kappa shape index (κ1) is 26.2. The van der Waals surface area contributed by atoms with Gasteiger partial charge < -0.3 is 14.8 Å². The van der Waals surface area contributed by atoms with Crippen LogP contribution in [0.2, 0.25) is 0 Å². The molecule has 0 unspecified atom stereocenters. The Bertz CT molecular complexity index is 1290. The van der Waals surface area contributed by atoms with Gasteiger partial charge in [0.2, 0.25) is 11.8 Å². The molecule has 11 heteroatoms. The SMILES string of the molecule is COC(=O)c1[nH]ncc1CN1CC(C(=O)Nc2ccc(C)nc2OC(F)F)(c2ccccc2C(C)C)C1. The van der Waals surface area contributed by atoms with Gasteiger partial charge in [-0.2, -0.15) is 13.9 Å². The molecular formula is C26H29F2N5O4. The van der Waals surface area contributed by atoms with Crippen LogP contribution in [0.15, 0.2) is 42.6 Å². The van der Waals surface area contributed by atoms with E-state index in [1.807, 2.05) is 43.0 Å². The van der Waals surface area contributed by atoms with Gasteiger partial charge in [-0.1, -0.05) is 38.1 Å². The average molecular weight is 514 g/mol. The maximum Gasteiger partial charge on any atom is 0.388 e. The topological polar surface area (TPSA) is 109 Å². The number of hydrogen-bond acceptors (Lipinski definition) is 7. The molecule has 1 fully saturated rings. The number of rotatable bonds is 9. The molecule has 0 aliphatic carbocycles. The molecule has 9 nitrogen and oxygen atoms in total. The lowest BCUT2D eigenvalue weighted by molar-refractivity contribution is -0.128. The number of aromatic amines is 1. The maximum absolute atomic E-state index is 13.9. The number of aryl methyl sites for hydroxylation is 1. The van der Waals surface area contributed by atoms with E-state index in [1.54, 1.807) is 19.2 Å². The number of nitrogens with one attached hydrogen (secondary N) is 2. The van der Waals surface area contributed by atoms with Crippen LogP contribution in [0.5, 0.6) is 5.88 Å². The van der Waals surface area contributed by atoms with Crippen molar-refractivity contribution in [2.24, 2.45) is 0 Å². The van der Waals surface area contributed by atoms with Gasteiger partial charge in [0.25, 0.3) is 0 Å². The maximum atomic E-state index is 13.9. The molecule has 4 rings (SSSR count). The summed E-state index contributed by atoms with van der Waals surface area (Å²) in [5, 5.41) is 9.40. The van der Waals surface area contributed by atoms with Crippen molar-refractivity contribution in [1.29, 1.82) is 0 Å². The van der Waals surface area contributed by atoms with Crippen molar-refractivity contribution in [1.82, 2.24) is 20.1 Å².